The van der Waals surface area contributed by atoms with Crippen LogP contribution in [-0.4, -0.2) is 10.9 Å². The molecule has 0 bridgehead atoms. The summed E-state index contributed by atoms with van der Waals surface area (Å²) in [6, 6.07) is 5.90. The van der Waals surface area contributed by atoms with Gasteiger partial charge in [-0.1, -0.05) is 41.9 Å². The largest absolute Gasteiger partial charge is 0.411 e. The highest BCUT2D eigenvalue weighted by Crippen LogP contribution is 2.19. The van der Waals surface area contributed by atoms with E-state index >= 15 is 0 Å². The minimum atomic E-state index is 0.561. The van der Waals surface area contributed by atoms with Gasteiger partial charge in [-0.2, -0.15) is 0 Å². The van der Waals surface area contributed by atoms with Crippen molar-refractivity contribution in [2.45, 2.75) is 20.3 Å². The Balaban J connectivity index is 2.89. The highest BCUT2D eigenvalue weighted by molar-refractivity contribution is 6.31. The summed E-state index contributed by atoms with van der Waals surface area (Å²) in [5.41, 5.74) is 2.70. The van der Waals surface area contributed by atoms with Crippen molar-refractivity contribution in [2.75, 3.05) is 0 Å². The van der Waals surface area contributed by atoms with Gasteiger partial charge in [-0.25, -0.2) is 0 Å². The van der Waals surface area contributed by atoms with Crippen LogP contribution in [0.4, 0.5) is 0 Å². The fourth-order valence-electron chi connectivity index (χ4n) is 1.20. The monoisotopic (exact) mass is 223 g/mol. The lowest BCUT2D eigenvalue weighted by atomic mass is 10.1. The molecule has 15 heavy (non-hydrogen) atoms. The molecule has 0 fully saturated rings. The molecule has 0 atom stereocenters. The first kappa shape index (κ1) is 11.8. The molecule has 80 valence electrons. The summed E-state index contributed by atoms with van der Waals surface area (Å²) in [7, 11) is 0. The topological polar surface area (TPSA) is 32.6 Å². The number of hydrogen-bond donors (Lipinski definition) is 1. The van der Waals surface area contributed by atoms with Crippen LogP contribution in [0, 0.1) is 0 Å². The number of nitrogens with zero attached hydrogens (tertiary/aromatic N) is 1. The van der Waals surface area contributed by atoms with Crippen LogP contribution in [0.15, 0.2) is 29.4 Å². The molecular weight excluding hydrogens is 210 g/mol. The van der Waals surface area contributed by atoms with Gasteiger partial charge in [0.15, 0.2) is 0 Å². The quantitative estimate of drug-likeness (QED) is 0.472. The first-order valence-electron chi connectivity index (χ1n) is 4.82. The van der Waals surface area contributed by atoms with E-state index in [4.69, 9.17) is 16.8 Å². The smallest absolute Gasteiger partial charge is 0.0765 e. The third kappa shape index (κ3) is 3.40. The number of oxime groups is 1. The Kier molecular flexibility index (Phi) is 4.37. The first-order valence-corrected chi connectivity index (χ1v) is 5.20. The maximum absolute atomic E-state index is 8.46. The van der Waals surface area contributed by atoms with E-state index in [-0.39, 0.29) is 0 Å². The Hall–Kier alpha value is -1.28. The van der Waals surface area contributed by atoms with E-state index in [9.17, 15) is 0 Å². The zero-order valence-corrected chi connectivity index (χ0v) is 9.62. The molecule has 0 heterocycles. The van der Waals surface area contributed by atoms with Crippen LogP contribution in [0.2, 0.25) is 5.02 Å². The molecule has 0 aliphatic carbocycles. The van der Waals surface area contributed by atoms with E-state index in [2.05, 4.69) is 12.1 Å². The number of benzene rings is 1. The van der Waals surface area contributed by atoms with Gasteiger partial charge >= 0.3 is 0 Å². The van der Waals surface area contributed by atoms with E-state index in [1.807, 2.05) is 24.3 Å². The van der Waals surface area contributed by atoms with Crippen molar-refractivity contribution in [1.29, 1.82) is 0 Å². The third-order valence-corrected chi connectivity index (χ3v) is 2.48. The molecule has 1 aromatic rings. The number of rotatable bonds is 3. The fourth-order valence-corrected chi connectivity index (χ4v) is 1.53. The van der Waals surface area contributed by atoms with Gasteiger partial charge in [0.05, 0.1) is 5.71 Å². The lowest BCUT2D eigenvalue weighted by Crippen LogP contribution is -1.85. The van der Waals surface area contributed by atoms with Crippen molar-refractivity contribution >= 4 is 23.4 Å². The zero-order valence-electron chi connectivity index (χ0n) is 8.87. The summed E-state index contributed by atoms with van der Waals surface area (Å²) in [6.07, 6.45) is 4.53. The number of allylic oxidation sites excluding steroid dienone is 1. The van der Waals surface area contributed by atoms with Gasteiger partial charge in [0.25, 0.3) is 0 Å². The predicted molar refractivity (Wildman–Crippen MR) is 64.8 cm³/mol. The van der Waals surface area contributed by atoms with Gasteiger partial charge in [0.1, 0.15) is 0 Å². The lowest BCUT2D eigenvalue weighted by Gasteiger charge is -2.01. The Bertz CT molecular complexity index is 397. The average Bonchev–Trinajstić information content (AvgIpc) is 2.26. The highest BCUT2D eigenvalue weighted by atomic mass is 35.5. The summed E-state index contributed by atoms with van der Waals surface area (Å²) in [5.74, 6) is 0. The zero-order chi connectivity index (χ0) is 11.3. The van der Waals surface area contributed by atoms with Crippen molar-refractivity contribution in [3.8, 4) is 0 Å². The molecule has 0 radical (unpaired) electrons. The molecule has 0 saturated carbocycles. The van der Waals surface area contributed by atoms with Gasteiger partial charge in [-0.05, 0) is 36.6 Å². The number of aryl methyl sites for hydroxylation is 1. The van der Waals surface area contributed by atoms with Crippen LogP contribution in [0.1, 0.15) is 25.0 Å². The molecule has 1 N–H and O–H groups in total. The molecule has 2 nitrogen and oxygen atoms in total. The van der Waals surface area contributed by atoms with Crippen LogP contribution >= 0.6 is 11.6 Å². The van der Waals surface area contributed by atoms with Crippen molar-refractivity contribution in [1.82, 2.24) is 0 Å². The highest BCUT2D eigenvalue weighted by Gasteiger charge is 1.97. The van der Waals surface area contributed by atoms with E-state index in [0.29, 0.717) is 5.71 Å². The van der Waals surface area contributed by atoms with Crippen LogP contribution in [0.25, 0.3) is 6.08 Å². The average molecular weight is 224 g/mol. The molecule has 1 rings (SSSR count). The van der Waals surface area contributed by atoms with E-state index in [1.54, 1.807) is 13.0 Å². The standard InChI is InChI=1S/C12H14ClNO/c1-3-11-7-6-10(8-12(11)13)5-4-9(2)14-15/h4-8,15H,3H2,1-2H3/b5-4+,14-9-. The summed E-state index contributed by atoms with van der Waals surface area (Å²) >= 11 is 6.07. The molecule has 0 amide bonds. The fraction of sp³-hybridized carbons (Fsp3) is 0.250. The second-order valence-corrected chi connectivity index (χ2v) is 3.69. The summed E-state index contributed by atoms with van der Waals surface area (Å²) in [6.45, 7) is 3.79. The van der Waals surface area contributed by atoms with Crippen molar-refractivity contribution < 1.29 is 5.21 Å². The maximum Gasteiger partial charge on any atom is 0.0765 e. The minimum absolute atomic E-state index is 0.561. The molecule has 0 saturated heterocycles. The summed E-state index contributed by atoms with van der Waals surface area (Å²) < 4.78 is 0. The Labute approximate surface area is 94.9 Å². The van der Waals surface area contributed by atoms with Gasteiger partial charge in [-0.15, -0.1) is 0 Å². The van der Waals surface area contributed by atoms with E-state index < -0.39 is 0 Å². The Morgan fingerprint density at radius 3 is 2.80 bits per heavy atom. The minimum Gasteiger partial charge on any atom is -0.411 e. The molecule has 0 aliphatic rings. The first-order chi connectivity index (χ1) is 7.17. The SMILES string of the molecule is CCc1ccc(/C=C/C(C)=N\O)cc1Cl. The lowest BCUT2D eigenvalue weighted by molar-refractivity contribution is 0.319. The van der Waals surface area contributed by atoms with E-state index in [1.165, 1.54) is 0 Å². The van der Waals surface area contributed by atoms with Gasteiger partial charge in [0, 0.05) is 5.02 Å². The summed E-state index contributed by atoms with van der Waals surface area (Å²) in [4.78, 5) is 0. The Morgan fingerprint density at radius 1 is 1.53 bits per heavy atom. The van der Waals surface area contributed by atoms with Gasteiger partial charge in [-0.3, -0.25) is 0 Å². The second-order valence-electron chi connectivity index (χ2n) is 3.28. The van der Waals surface area contributed by atoms with Crippen LogP contribution < -0.4 is 0 Å². The molecule has 0 aromatic heterocycles. The third-order valence-electron chi connectivity index (χ3n) is 2.13. The molecule has 0 unspecified atom stereocenters. The van der Waals surface area contributed by atoms with Gasteiger partial charge < -0.3 is 5.21 Å². The number of hydrogen-bond acceptors (Lipinski definition) is 2. The van der Waals surface area contributed by atoms with E-state index in [0.717, 1.165) is 22.6 Å². The molecule has 0 aliphatic heterocycles. The van der Waals surface area contributed by atoms with Crippen LogP contribution in [-0.2, 0) is 6.42 Å². The predicted octanol–water partition coefficient (Wildman–Crippen LogP) is 3.77. The molecular formula is C12H14ClNO. The number of halogens is 1. The van der Waals surface area contributed by atoms with Crippen molar-refractivity contribution in [3.63, 3.8) is 0 Å². The second kappa shape index (κ2) is 5.56. The summed E-state index contributed by atoms with van der Waals surface area (Å²) in [5, 5.41) is 12.3. The van der Waals surface area contributed by atoms with Crippen LogP contribution in [0.3, 0.4) is 0 Å². The Morgan fingerprint density at radius 2 is 2.27 bits per heavy atom. The van der Waals surface area contributed by atoms with Gasteiger partial charge in [0.2, 0.25) is 0 Å². The van der Waals surface area contributed by atoms with Crippen molar-refractivity contribution in [2.24, 2.45) is 5.16 Å². The molecule has 1 aromatic carbocycles. The molecule has 0 spiro atoms. The van der Waals surface area contributed by atoms with Crippen molar-refractivity contribution in [3.05, 3.63) is 40.4 Å². The normalized spacial score (nSPS) is 12.3. The maximum atomic E-state index is 8.46. The molecule has 3 heteroatoms. The van der Waals surface area contributed by atoms with Crippen LogP contribution in [0.5, 0.6) is 0 Å².